The van der Waals surface area contributed by atoms with E-state index in [1.807, 2.05) is 30.0 Å². The van der Waals surface area contributed by atoms with Crippen molar-refractivity contribution in [1.29, 1.82) is 0 Å². The molecule has 0 aliphatic carbocycles. The van der Waals surface area contributed by atoms with E-state index >= 15 is 0 Å². The summed E-state index contributed by atoms with van der Waals surface area (Å²) in [5.74, 6) is 1.47. The molecule has 7 heteroatoms. The highest BCUT2D eigenvalue weighted by Gasteiger charge is 2.33. The lowest BCUT2D eigenvalue weighted by Gasteiger charge is -2.23. The molecule has 0 saturated carbocycles. The molecule has 2 aliphatic rings. The molecule has 0 radical (unpaired) electrons. The van der Waals surface area contributed by atoms with E-state index in [1.54, 1.807) is 17.8 Å². The van der Waals surface area contributed by atoms with Gasteiger partial charge in [-0.2, -0.15) is 0 Å². The molecule has 4 rings (SSSR count). The summed E-state index contributed by atoms with van der Waals surface area (Å²) in [5, 5.41) is 6.98. The molecule has 2 amide bonds. The second-order valence-electron chi connectivity index (χ2n) is 6.38. The van der Waals surface area contributed by atoms with Crippen LogP contribution in [0.1, 0.15) is 47.1 Å². The minimum absolute atomic E-state index is 0.00651. The Balaban J connectivity index is 1.61. The summed E-state index contributed by atoms with van der Waals surface area (Å²) in [6.07, 6.45) is 2.32. The van der Waals surface area contributed by atoms with E-state index in [1.165, 1.54) is 0 Å². The number of benzene rings is 1. The average Bonchev–Trinajstić information content (AvgIpc) is 3.19. The molecular formula is C18H19N3O3S. The molecule has 25 heavy (non-hydrogen) atoms. The zero-order chi connectivity index (χ0) is 17.4. The minimum atomic E-state index is -0.0484. The van der Waals surface area contributed by atoms with E-state index in [0.29, 0.717) is 18.5 Å². The van der Waals surface area contributed by atoms with Crippen molar-refractivity contribution in [3.05, 3.63) is 41.3 Å². The van der Waals surface area contributed by atoms with Gasteiger partial charge in [0.2, 0.25) is 5.91 Å². The van der Waals surface area contributed by atoms with Gasteiger partial charge in [0.1, 0.15) is 11.5 Å². The van der Waals surface area contributed by atoms with E-state index < -0.39 is 0 Å². The van der Waals surface area contributed by atoms with Gasteiger partial charge < -0.3 is 14.7 Å². The Hall–Kier alpha value is -2.28. The summed E-state index contributed by atoms with van der Waals surface area (Å²) in [6, 6.07) is 7.40. The number of fused-ring (bicyclic) bond motifs is 1. The van der Waals surface area contributed by atoms with Crippen LogP contribution < -0.4 is 5.32 Å². The van der Waals surface area contributed by atoms with E-state index in [0.717, 1.165) is 40.6 Å². The number of amides is 2. The molecule has 2 aliphatic heterocycles. The lowest BCUT2D eigenvalue weighted by Crippen LogP contribution is -2.30. The summed E-state index contributed by atoms with van der Waals surface area (Å²) in [6.45, 7) is 2.55. The number of carbonyl (C=O) groups is 2. The summed E-state index contributed by atoms with van der Waals surface area (Å²) in [5.41, 5.74) is 2.13. The van der Waals surface area contributed by atoms with E-state index in [-0.39, 0.29) is 17.9 Å². The monoisotopic (exact) mass is 357 g/mol. The van der Waals surface area contributed by atoms with Crippen LogP contribution in [-0.2, 0) is 4.79 Å². The zero-order valence-electron chi connectivity index (χ0n) is 13.9. The number of hydrogen-bond acceptors (Lipinski definition) is 5. The van der Waals surface area contributed by atoms with E-state index in [4.69, 9.17) is 4.52 Å². The Labute approximate surface area is 149 Å². The normalized spacial score (nSPS) is 20.1. The second kappa shape index (κ2) is 6.55. The van der Waals surface area contributed by atoms with Gasteiger partial charge in [-0.05, 0) is 38.0 Å². The number of nitrogens with one attached hydrogen (secondary N) is 1. The molecule has 1 atom stereocenters. The number of anilines is 1. The van der Waals surface area contributed by atoms with Crippen molar-refractivity contribution in [2.75, 3.05) is 17.6 Å². The highest BCUT2D eigenvalue weighted by Crippen LogP contribution is 2.35. The van der Waals surface area contributed by atoms with Gasteiger partial charge in [-0.1, -0.05) is 5.16 Å². The fourth-order valence-corrected chi connectivity index (χ4v) is 4.32. The third-order valence-corrected chi connectivity index (χ3v) is 5.66. The second-order valence-corrected chi connectivity index (χ2v) is 7.51. The average molecular weight is 357 g/mol. The van der Waals surface area contributed by atoms with E-state index in [9.17, 15) is 9.59 Å². The van der Waals surface area contributed by atoms with Crippen molar-refractivity contribution in [3.63, 3.8) is 0 Å². The third kappa shape index (κ3) is 3.16. The van der Waals surface area contributed by atoms with Crippen LogP contribution >= 0.6 is 11.8 Å². The maximum atomic E-state index is 13.0. The van der Waals surface area contributed by atoms with Crippen LogP contribution in [0.15, 0.2) is 33.7 Å². The summed E-state index contributed by atoms with van der Waals surface area (Å²) in [7, 11) is 0. The van der Waals surface area contributed by atoms with Gasteiger partial charge in [0.05, 0.1) is 11.7 Å². The number of likely N-dealkylation sites (tertiary alicyclic amines) is 1. The van der Waals surface area contributed by atoms with Gasteiger partial charge >= 0.3 is 0 Å². The number of carbonyl (C=O) groups excluding carboxylic acids is 2. The summed E-state index contributed by atoms with van der Waals surface area (Å²) in [4.78, 5) is 27.7. The largest absolute Gasteiger partial charge is 0.361 e. The summed E-state index contributed by atoms with van der Waals surface area (Å²) >= 11 is 1.64. The topological polar surface area (TPSA) is 75.4 Å². The number of aryl methyl sites for hydroxylation is 1. The van der Waals surface area contributed by atoms with Crippen molar-refractivity contribution in [2.45, 2.75) is 37.1 Å². The number of thioether (sulfide) groups is 1. The van der Waals surface area contributed by atoms with Crippen LogP contribution in [0, 0.1) is 6.92 Å². The van der Waals surface area contributed by atoms with Gasteiger partial charge in [-0.3, -0.25) is 9.59 Å². The smallest absolute Gasteiger partial charge is 0.254 e. The van der Waals surface area contributed by atoms with Crippen molar-refractivity contribution in [1.82, 2.24) is 10.1 Å². The van der Waals surface area contributed by atoms with Crippen molar-refractivity contribution in [3.8, 4) is 0 Å². The molecule has 1 fully saturated rings. The maximum absolute atomic E-state index is 13.0. The first-order chi connectivity index (χ1) is 12.1. The molecule has 1 unspecified atom stereocenters. The first kappa shape index (κ1) is 16.2. The standard InChI is InChI=1S/C18H19N3O3S/c1-11-9-13(20-24-11)15-3-2-7-21(15)18(23)12-4-5-16-14(10-12)19-17(22)6-8-25-16/h4-5,9-10,15H,2-3,6-8H2,1H3,(H,19,22). The Morgan fingerprint density at radius 2 is 2.28 bits per heavy atom. The fraction of sp³-hybridized carbons (Fsp3) is 0.389. The van der Waals surface area contributed by atoms with Crippen LogP contribution in [0.3, 0.4) is 0 Å². The Bertz CT molecular complexity index is 833. The van der Waals surface area contributed by atoms with Crippen molar-refractivity contribution in [2.24, 2.45) is 0 Å². The maximum Gasteiger partial charge on any atom is 0.254 e. The van der Waals surface area contributed by atoms with Gasteiger partial charge in [0, 0.05) is 35.2 Å². The first-order valence-electron chi connectivity index (χ1n) is 8.43. The first-order valence-corrected chi connectivity index (χ1v) is 9.41. The quantitative estimate of drug-likeness (QED) is 0.891. The summed E-state index contributed by atoms with van der Waals surface area (Å²) < 4.78 is 5.17. The number of nitrogens with zero attached hydrogens (tertiary/aromatic N) is 2. The van der Waals surface area contributed by atoms with Gasteiger partial charge in [0.15, 0.2) is 0 Å². The molecule has 0 spiro atoms. The molecule has 1 aromatic carbocycles. The predicted molar refractivity (Wildman–Crippen MR) is 94.7 cm³/mol. The lowest BCUT2D eigenvalue weighted by molar-refractivity contribution is -0.115. The fourth-order valence-electron chi connectivity index (χ4n) is 3.38. The number of hydrogen-bond donors (Lipinski definition) is 1. The third-order valence-electron chi connectivity index (χ3n) is 4.59. The minimum Gasteiger partial charge on any atom is -0.361 e. The van der Waals surface area contributed by atoms with Crippen LogP contribution in [0.5, 0.6) is 0 Å². The van der Waals surface area contributed by atoms with Crippen molar-refractivity contribution >= 4 is 29.3 Å². The Kier molecular flexibility index (Phi) is 4.25. The number of aromatic nitrogens is 1. The van der Waals surface area contributed by atoms with Crippen LogP contribution in [0.25, 0.3) is 0 Å². The molecular weight excluding hydrogens is 338 g/mol. The molecule has 130 valence electrons. The highest BCUT2D eigenvalue weighted by molar-refractivity contribution is 7.99. The van der Waals surface area contributed by atoms with Crippen LogP contribution in [0.4, 0.5) is 5.69 Å². The molecule has 2 aromatic rings. The highest BCUT2D eigenvalue weighted by atomic mass is 32.2. The van der Waals surface area contributed by atoms with Gasteiger partial charge in [-0.25, -0.2) is 0 Å². The van der Waals surface area contributed by atoms with Gasteiger partial charge in [-0.15, -0.1) is 11.8 Å². The molecule has 1 saturated heterocycles. The zero-order valence-corrected chi connectivity index (χ0v) is 14.8. The number of rotatable bonds is 2. The van der Waals surface area contributed by atoms with Crippen LogP contribution in [0.2, 0.25) is 0 Å². The molecule has 3 heterocycles. The van der Waals surface area contributed by atoms with Crippen LogP contribution in [-0.4, -0.2) is 34.2 Å². The van der Waals surface area contributed by atoms with Gasteiger partial charge in [0.25, 0.3) is 5.91 Å². The predicted octanol–water partition coefficient (Wildman–Crippen LogP) is 3.39. The Morgan fingerprint density at radius 3 is 3.08 bits per heavy atom. The molecule has 0 bridgehead atoms. The SMILES string of the molecule is Cc1cc(C2CCCN2C(=O)c2ccc3c(c2)NC(=O)CCS3)no1. The van der Waals surface area contributed by atoms with Crippen molar-refractivity contribution < 1.29 is 14.1 Å². The lowest BCUT2D eigenvalue weighted by atomic mass is 10.1. The molecule has 6 nitrogen and oxygen atoms in total. The molecule has 1 aromatic heterocycles. The van der Waals surface area contributed by atoms with E-state index in [2.05, 4.69) is 10.5 Å². The molecule has 1 N–H and O–H groups in total. The Morgan fingerprint density at radius 1 is 1.40 bits per heavy atom.